The fourth-order valence-electron chi connectivity index (χ4n) is 7.72. The van der Waals surface area contributed by atoms with Crippen LogP contribution in [0.5, 0.6) is 5.75 Å². The van der Waals surface area contributed by atoms with Gasteiger partial charge in [0.25, 0.3) is 0 Å². The summed E-state index contributed by atoms with van der Waals surface area (Å²) in [5, 5.41) is 20.0. The quantitative estimate of drug-likeness (QED) is 0.356. The van der Waals surface area contributed by atoms with Gasteiger partial charge in [0.2, 0.25) is 0 Å². The molecular formula is C30H29NO. The van der Waals surface area contributed by atoms with Crippen LogP contribution in [-0.2, 0) is 0 Å². The van der Waals surface area contributed by atoms with Crippen LogP contribution < -0.4 is 5.32 Å². The Labute approximate surface area is 189 Å². The number of rotatable bonds is 3. The summed E-state index contributed by atoms with van der Waals surface area (Å²) >= 11 is 0. The summed E-state index contributed by atoms with van der Waals surface area (Å²) in [6.07, 6.45) is 8.22. The summed E-state index contributed by atoms with van der Waals surface area (Å²) in [4.78, 5) is 0. The number of anilines is 1. The third-order valence-electron chi connectivity index (χ3n) is 8.52. The van der Waals surface area contributed by atoms with Crippen molar-refractivity contribution >= 4 is 27.2 Å². The molecule has 0 saturated heterocycles. The fourth-order valence-corrected chi connectivity index (χ4v) is 7.72. The Bertz CT molecular complexity index is 1320. The third-order valence-corrected chi connectivity index (χ3v) is 8.52. The normalized spacial score (nSPS) is 28.4. The molecule has 2 heteroatoms. The largest absolute Gasteiger partial charge is 0.507 e. The zero-order valence-corrected chi connectivity index (χ0v) is 18.4. The van der Waals surface area contributed by atoms with E-state index in [-0.39, 0.29) is 5.54 Å². The van der Waals surface area contributed by atoms with E-state index >= 15 is 0 Å². The molecule has 0 unspecified atom stereocenters. The molecule has 32 heavy (non-hydrogen) atoms. The van der Waals surface area contributed by atoms with E-state index in [2.05, 4.69) is 66.0 Å². The minimum absolute atomic E-state index is 0.214. The second kappa shape index (κ2) is 6.75. The molecule has 4 saturated carbocycles. The number of phenols is 1. The SMILES string of the molecule is Oc1ccc2ccccc2c1-c1c(NC23CC4CC(CC(C4)C2)C3)ccc2ccccc12. The first-order valence-electron chi connectivity index (χ1n) is 12.2. The van der Waals surface area contributed by atoms with Gasteiger partial charge >= 0.3 is 0 Å². The molecule has 4 bridgehead atoms. The van der Waals surface area contributed by atoms with E-state index in [9.17, 15) is 5.11 Å². The van der Waals surface area contributed by atoms with Crippen LogP contribution in [0.2, 0.25) is 0 Å². The highest BCUT2D eigenvalue weighted by Gasteiger charge is 2.51. The lowest BCUT2D eigenvalue weighted by molar-refractivity contribution is 0.0107. The van der Waals surface area contributed by atoms with Gasteiger partial charge in [-0.25, -0.2) is 0 Å². The van der Waals surface area contributed by atoms with E-state index in [0.717, 1.165) is 39.7 Å². The highest BCUT2D eigenvalue weighted by atomic mass is 16.3. The van der Waals surface area contributed by atoms with Crippen molar-refractivity contribution in [1.82, 2.24) is 0 Å². The smallest absolute Gasteiger partial charge is 0.124 e. The average Bonchev–Trinajstić information content (AvgIpc) is 2.78. The van der Waals surface area contributed by atoms with Gasteiger partial charge < -0.3 is 10.4 Å². The summed E-state index contributed by atoms with van der Waals surface area (Å²) in [6.45, 7) is 0. The Morgan fingerprint density at radius 3 is 1.78 bits per heavy atom. The number of fused-ring (bicyclic) bond motifs is 2. The highest BCUT2D eigenvalue weighted by molar-refractivity contribution is 6.11. The minimum atomic E-state index is 0.214. The molecule has 8 rings (SSSR count). The van der Waals surface area contributed by atoms with Gasteiger partial charge in [-0.2, -0.15) is 0 Å². The molecule has 4 aliphatic rings. The van der Waals surface area contributed by atoms with Gasteiger partial charge in [-0.15, -0.1) is 0 Å². The molecule has 2 N–H and O–H groups in total. The van der Waals surface area contributed by atoms with E-state index in [0.29, 0.717) is 5.75 Å². The topological polar surface area (TPSA) is 32.3 Å². The molecule has 4 fully saturated rings. The Morgan fingerprint density at radius 1 is 0.625 bits per heavy atom. The summed E-state index contributed by atoms with van der Waals surface area (Å²) in [5.74, 6) is 3.03. The van der Waals surface area contributed by atoms with Crippen LogP contribution in [0.15, 0.2) is 72.8 Å². The Kier molecular flexibility index (Phi) is 3.91. The Morgan fingerprint density at radius 2 is 1.16 bits per heavy atom. The molecule has 160 valence electrons. The van der Waals surface area contributed by atoms with Crippen molar-refractivity contribution in [2.75, 3.05) is 5.32 Å². The molecule has 4 aromatic carbocycles. The zero-order valence-electron chi connectivity index (χ0n) is 18.4. The van der Waals surface area contributed by atoms with Gasteiger partial charge in [0, 0.05) is 22.4 Å². The first kappa shape index (κ1) is 18.6. The van der Waals surface area contributed by atoms with Crippen LogP contribution in [0, 0.1) is 17.8 Å². The predicted octanol–water partition coefficient (Wildman–Crippen LogP) is 7.75. The van der Waals surface area contributed by atoms with E-state index in [4.69, 9.17) is 0 Å². The van der Waals surface area contributed by atoms with Crippen LogP contribution in [0.1, 0.15) is 38.5 Å². The first-order chi connectivity index (χ1) is 15.7. The fraction of sp³-hybridized carbons (Fsp3) is 0.333. The number of hydrogen-bond acceptors (Lipinski definition) is 2. The van der Waals surface area contributed by atoms with E-state index in [1.807, 2.05) is 12.1 Å². The van der Waals surface area contributed by atoms with Gasteiger partial charge in [-0.1, -0.05) is 60.7 Å². The number of nitrogens with one attached hydrogen (secondary N) is 1. The number of hydrogen-bond donors (Lipinski definition) is 2. The monoisotopic (exact) mass is 419 g/mol. The second-order valence-corrected chi connectivity index (χ2v) is 10.7. The summed E-state index contributed by atoms with van der Waals surface area (Å²) < 4.78 is 0. The van der Waals surface area contributed by atoms with Crippen molar-refractivity contribution < 1.29 is 5.11 Å². The molecule has 0 heterocycles. The van der Waals surface area contributed by atoms with Gasteiger partial charge in [0.15, 0.2) is 0 Å². The van der Waals surface area contributed by atoms with Crippen LogP contribution in [0.4, 0.5) is 5.69 Å². The Hall–Kier alpha value is -3.00. The highest BCUT2D eigenvalue weighted by Crippen LogP contribution is 2.57. The maximum absolute atomic E-state index is 11.1. The molecule has 4 aromatic rings. The molecule has 4 aliphatic carbocycles. The summed E-state index contributed by atoms with van der Waals surface area (Å²) in [6, 6.07) is 25.4. The van der Waals surface area contributed by atoms with Crippen molar-refractivity contribution in [1.29, 1.82) is 0 Å². The standard InChI is InChI=1S/C30H29NO/c32-27-12-10-23-6-2-4-8-25(23)29(27)28-24-7-3-1-5-22(24)9-11-26(28)31-30-16-19-13-20(17-30)15-21(14-19)18-30/h1-12,19-21,31-32H,13-18H2. The maximum atomic E-state index is 11.1. The number of benzene rings is 4. The first-order valence-corrected chi connectivity index (χ1v) is 12.2. The van der Waals surface area contributed by atoms with Crippen molar-refractivity contribution in [3.8, 4) is 16.9 Å². The average molecular weight is 420 g/mol. The molecule has 0 amide bonds. The van der Waals surface area contributed by atoms with E-state index in [1.54, 1.807) is 0 Å². The molecule has 0 radical (unpaired) electrons. The summed E-state index contributed by atoms with van der Waals surface area (Å²) in [7, 11) is 0. The lowest BCUT2D eigenvalue weighted by Crippen LogP contribution is -2.54. The molecule has 0 atom stereocenters. The predicted molar refractivity (Wildman–Crippen MR) is 133 cm³/mol. The van der Waals surface area contributed by atoms with Crippen LogP contribution in [0.25, 0.3) is 32.7 Å². The van der Waals surface area contributed by atoms with Crippen LogP contribution in [-0.4, -0.2) is 10.6 Å². The lowest BCUT2D eigenvalue weighted by atomic mass is 9.53. The van der Waals surface area contributed by atoms with Gasteiger partial charge in [-0.3, -0.25) is 0 Å². The third kappa shape index (κ3) is 2.78. The van der Waals surface area contributed by atoms with Gasteiger partial charge in [0.05, 0.1) is 0 Å². The molecule has 0 aromatic heterocycles. The van der Waals surface area contributed by atoms with Crippen LogP contribution >= 0.6 is 0 Å². The molecule has 2 nitrogen and oxygen atoms in total. The zero-order chi connectivity index (χ0) is 21.3. The lowest BCUT2D eigenvalue weighted by Gasteiger charge is -2.57. The molecule has 0 spiro atoms. The second-order valence-electron chi connectivity index (χ2n) is 10.7. The maximum Gasteiger partial charge on any atom is 0.124 e. The molecular weight excluding hydrogens is 390 g/mol. The number of phenolic OH excluding ortho intramolecular Hbond substituents is 1. The van der Waals surface area contributed by atoms with Crippen LogP contribution in [0.3, 0.4) is 0 Å². The van der Waals surface area contributed by atoms with Crippen molar-refractivity contribution in [2.45, 2.75) is 44.1 Å². The summed E-state index contributed by atoms with van der Waals surface area (Å²) in [5.41, 5.74) is 3.49. The van der Waals surface area contributed by atoms with Crippen molar-refractivity contribution in [3.05, 3.63) is 72.8 Å². The Balaban J connectivity index is 1.46. The van der Waals surface area contributed by atoms with E-state index < -0.39 is 0 Å². The minimum Gasteiger partial charge on any atom is -0.507 e. The van der Waals surface area contributed by atoms with E-state index in [1.165, 1.54) is 55.0 Å². The van der Waals surface area contributed by atoms with Gasteiger partial charge in [0.1, 0.15) is 5.75 Å². The number of aromatic hydroxyl groups is 1. The molecule has 0 aliphatic heterocycles. The van der Waals surface area contributed by atoms with Crippen molar-refractivity contribution in [2.24, 2.45) is 17.8 Å². The van der Waals surface area contributed by atoms with Gasteiger partial charge in [-0.05, 0) is 90.0 Å². The van der Waals surface area contributed by atoms with Crippen molar-refractivity contribution in [3.63, 3.8) is 0 Å².